The van der Waals surface area contributed by atoms with E-state index in [1.165, 1.54) is 13.2 Å². The van der Waals surface area contributed by atoms with Crippen LogP contribution in [0.2, 0.25) is 0 Å². The van der Waals surface area contributed by atoms with E-state index < -0.39 is 5.97 Å². The maximum absolute atomic E-state index is 10.4. The van der Waals surface area contributed by atoms with E-state index in [-0.39, 0.29) is 4.88 Å². The van der Waals surface area contributed by atoms with Gasteiger partial charge in [-0.25, -0.2) is 4.79 Å². The third-order valence-corrected chi connectivity index (χ3v) is 1.80. The van der Waals surface area contributed by atoms with Crippen LogP contribution in [0.4, 0.5) is 0 Å². The fraction of sp³-hybridized carbons (Fsp3) is 0.167. The van der Waals surface area contributed by atoms with Gasteiger partial charge in [0.15, 0.2) is 4.88 Å². The fourth-order valence-electron chi connectivity index (χ4n) is 0.558. The molecule has 0 aliphatic carbocycles. The Labute approximate surface area is 61.9 Å². The minimum atomic E-state index is -0.969. The molecular weight excluding hydrogens is 152 g/mol. The second-order valence-electron chi connectivity index (χ2n) is 1.57. The Bertz CT molecular complexity index is 241. The van der Waals surface area contributed by atoms with Crippen molar-refractivity contribution in [1.29, 1.82) is 0 Å². The van der Waals surface area contributed by atoms with Crippen molar-refractivity contribution in [2.75, 3.05) is 7.11 Å². The number of ether oxygens (including phenoxy) is 1. The van der Waals surface area contributed by atoms with Gasteiger partial charge >= 0.3 is 5.97 Å². The number of carbonyl (C=O) groups is 1. The molecule has 1 radical (unpaired) electrons. The second kappa shape index (κ2) is 2.70. The standard InChI is InChI=1S/C6H5O3S/c1-9-4-2-3-10-5(4)6(7)8/h2H,1H3,(H,7,8). The molecule has 0 aliphatic heterocycles. The third-order valence-electron chi connectivity index (χ3n) is 0.989. The van der Waals surface area contributed by atoms with Crippen molar-refractivity contribution in [1.82, 2.24) is 0 Å². The summed E-state index contributed by atoms with van der Waals surface area (Å²) in [5.41, 5.74) is 0. The zero-order chi connectivity index (χ0) is 7.56. The molecule has 0 bridgehead atoms. The molecule has 53 valence electrons. The van der Waals surface area contributed by atoms with Gasteiger partial charge < -0.3 is 9.84 Å². The number of aromatic carboxylic acids is 1. The highest BCUT2D eigenvalue weighted by Gasteiger charge is 2.11. The molecule has 0 unspecified atom stereocenters. The predicted molar refractivity (Wildman–Crippen MR) is 36.7 cm³/mol. The Morgan fingerprint density at radius 1 is 1.90 bits per heavy atom. The van der Waals surface area contributed by atoms with Crippen molar-refractivity contribution in [3.05, 3.63) is 16.3 Å². The maximum atomic E-state index is 10.4. The highest BCUT2D eigenvalue weighted by Crippen LogP contribution is 2.22. The monoisotopic (exact) mass is 157 g/mol. The van der Waals surface area contributed by atoms with Crippen molar-refractivity contribution in [2.24, 2.45) is 0 Å². The van der Waals surface area contributed by atoms with Gasteiger partial charge in [-0.3, -0.25) is 0 Å². The van der Waals surface area contributed by atoms with E-state index in [0.717, 1.165) is 11.3 Å². The SMILES string of the molecule is COc1c[c]sc1C(=O)O. The van der Waals surface area contributed by atoms with Crippen LogP contribution in [0.5, 0.6) is 5.75 Å². The minimum Gasteiger partial charge on any atom is -0.495 e. The van der Waals surface area contributed by atoms with E-state index >= 15 is 0 Å². The molecule has 4 heteroatoms. The molecule has 0 aliphatic rings. The summed E-state index contributed by atoms with van der Waals surface area (Å²) in [7, 11) is 1.43. The number of hydrogen-bond donors (Lipinski definition) is 1. The van der Waals surface area contributed by atoms with Gasteiger partial charge in [-0.1, -0.05) is 0 Å². The largest absolute Gasteiger partial charge is 0.495 e. The van der Waals surface area contributed by atoms with Crippen molar-refractivity contribution in [3.63, 3.8) is 0 Å². The number of carboxylic acids is 1. The zero-order valence-electron chi connectivity index (χ0n) is 5.25. The van der Waals surface area contributed by atoms with Crippen molar-refractivity contribution >= 4 is 17.3 Å². The molecule has 0 saturated carbocycles. The normalized spacial score (nSPS) is 9.30. The lowest BCUT2D eigenvalue weighted by Crippen LogP contribution is -1.94. The van der Waals surface area contributed by atoms with E-state index in [1.54, 1.807) is 0 Å². The lowest BCUT2D eigenvalue weighted by Gasteiger charge is -1.94. The topological polar surface area (TPSA) is 46.5 Å². The highest BCUT2D eigenvalue weighted by molar-refractivity contribution is 7.11. The Hall–Kier alpha value is -1.03. The maximum Gasteiger partial charge on any atom is 0.349 e. The summed E-state index contributed by atoms with van der Waals surface area (Å²) in [6.07, 6.45) is 0. The first kappa shape index (κ1) is 7.08. The van der Waals surface area contributed by atoms with Gasteiger partial charge in [0.2, 0.25) is 0 Å². The van der Waals surface area contributed by atoms with E-state index in [1.807, 2.05) is 0 Å². The molecule has 0 atom stereocenters. The van der Waals surface area contributed by atoms with Gasteiger partial charge in [-0.15, -0.1) is 11.3 Å². The quantitative estimate of drug-likeness (QED) is 0.702. The third kappa shape index (κ3) is 1.11. The van der Waals surface area contributed by atoms with Crippen molar-refractivity contribution in [3.8, 4) is 5.75 Å². The van der Waals surface area contributed by atoms with Gasteiger partial charge in [0.25, 0.3) is 0 Å². The molecule has 1 heterocycles. The zero-order valence-corrected chi connectivity index (χ0v) is 6.07. The molecular formula is C6H5O3S. The lowest BCUT2D eigenvalue weighted by molar-refractivity contribution is 0.0699. The van der Waals surface area contributed by atoms with Crippen molar-refractivity contribution in [2.45, 2.75) is 0 Å². The summed E-state index contributed by atoms with van der Waals surface area (Å²) >= 11 is 1.03. The summed E-state index contributed by atoms with van der Waals surface area (Å²) < 4.78 is 4.74. The molecule has 1 aromatic heterocycles. The Kier molecular flexibility index (Phi) is 1.91. The molecule has 3 nitrogen and oxygen atoms in total. The van der Waals surface area contributed by atoms with Crippen LogP contribution in [-0.4, -0.2) is 18.2 Å². The summed E-state index contributed by atoms with van der Waals surface area (Å²) in [4.78, 5) is 10.5. The van der Waals surface area contributed by atoms with Crippen LogP contribution in [0.25, 0.3) is 0 Å². The van der Waals surface area contributed by atoms with E-state index in [9.17, 15) is 4.79 Å². The summed E-state index contributed by atoms with van der Waals surface area (Å²) in [5, 5.41) is 11.2. The number of thiophene rings is 1. The number of methoxy groups -OCH3 is 1. The first-order valence-electron chi connectivity index (χ1n) is 2.53. The smallest absolute Gasteiger partial charge is 0.349 e. The molecule has 0 amide bonds. The van der Waals surface area contributed by atoms with Gasteiger partial charge in [-0.2, -0.15) is 0 Å². The first-order valence-corrected chi connectivity index (χ1v) is 3.34. The molecule has 1 N–H and O–H groups in total. The summed E-state index contributed by atoms with van der Waals surface area (Å²) in [6.45, 7) is 0. The second-order valence-corrected chi connectivity index (χ2v) is 2.41. The van der Waals surface area contributed by atoms with Gasteiger partial charge in [0, 0.05) is 11.4 Å². The molecule has 1 rings (SSSR count). The van der Waals surface area contributed by atoms with Gasteiger partial charge in [0.05, 0.1) is 7.11 Å². The van der Waals surface area contributed by atoms with Crippen molar-refractivity contribution < 1.29 is 14.6 Å². The van der Waals surface area contributed by atoms with Gasteiger partial charge in [-0.05, 0) is 0 Å². The van der Waals surface area contributed by atoms with Gasteiger partial charge in [0.1, 0.15) is 5.75 Å². The molecule has 1 aromatic rings. The number of rotatable bonds is 2. The van der Waals surface area contributed by atoms with E-state index in [2.05, 4.69) is 5.38 Å². The minimum absolute atomic E-state index is 0.197. The van der Waals surface area contributed by atoms with E-state index in [4.69, 9.17) is 9.84 Å². The average Bonchev–Trinajstić information content (AvgIpc) is 2.33. The Morgan fingerprint density at radius 2 is 2.60 bits per heavy atom. The fourth-order valence-corrected chi connectivity index (χ4v) is 1.17. The molecule has 0 aromatic carbocycles. The number of hydrogen-bond acceptors (Lipinski definition) is 3. The number of carboxylic acid groups (broad SMARTS) is 1. The van der Waals surface area contributed by atoms with E-state index in [0.29, 0.717) is 5.75 Å². The summed E-state index contributed by atoms with van der Waals surface area (Å²) in [5.74, 6) is -0.597. The van der Waals surface area contributed by atoms with Crippen LogP contribution >= 0.6 is 11.3 Å². The first-order chi connectivity index (χ1) is 4.75. The highest BCUT2D eigenvalue weighted by atomic mass is 32.1. The Morgan fingerprint density at radius 3 is 3.00 bits per heavy atom. The summed E-state index contributed by atoms with van der Waals surface area (Å²) in [6, 6.07) is 1.51. The van der Waals surface area contributed by atoms with Crippen LogP contribution in [0.15, 0.2) is 6.07 Å². The van der Waals surface area contributed by atoms with Crippen LogP contribution in [0, 0.1) is 5.38 Å². The predicted octanol–water partition coefficient (Wildman–Crippen LogP) is 1.26. The van der Waals surface area contributed by atoms with Crippen LogP contribution in [-0.2, 0) is 0 Å². The molecule has 0 spiro atoms. The van der Waals surface area contributed by atoms with Crippen LogP contribution in [0.1, 0.15) is 9.67 Å². The Balaban J connectivity index is 3.01. The lowest BCUT2D eigenvalue weighted by atomic mass is 10.4. The molecule has 0 saturated heterocycles. The molecule has 0 fully saturated rings. The molecule has 10 heavy (non-hydrogen) atoms. The average molecular weight is 157 g/mol. The van der Waals surface area contributed by atoms with Crippen LogP contribution < -0.4 is 4.74 Å². The van der Waals surface area contributed by atoms with Crippen LogP contribution in [0.3, 0.4) is 0 Å².